The highest BCUT2D eigenvalue weighted by Gasteiger charge is 2.33. The second-order valence-corrected chi connectivity index (χ2v) is 6.90. The Morgan fingerprint density at radius 2 is 2.33 bits per heavy atom. The molecular formula is C11H17N3O2S2. The number of carbonyl (C=O) groups is 1. The van der Waals surface area contributed by atoms with Gasteiger partial charge in [-0.25, -0.2) is 0 Å². The van der Waals surface area contributed by atoms with E-state index < -0.39 is 0 Å². The number of anilines is 1. The lowest BCUT2D eigenvalue weighted by molar-refractivity contribution is -0.130. The van der Waals surface area contributed by atoms with Crippen molar-refractivity contribution in [1.29, 1.82) is 0 Å². The van der Waals surface area contributed by atoms with Crippen molar-refractivity contribution in [3.05, 3.63) is 0 Å². The molecule has 0 saturated carbocycles. The van der Waals surface area contributed by atoms with Gasteiger partial charge in [0.15, 0.2) is 4.34 Å². The van der Waals surface area contributed by atoms with Gasteiger partial charge < -0.3 is 10.1 Å². The molecule has 1 aromatic heterocycles. The Morgan fingerprint density at radius 3 is 2.94 bits per heavy atom. The van der Waals surface area contributed by atoms with Gasteiger partial charge in [-0.05, 0) is 32.9 Å². The number of aromatic nitrogens is 2. The van der Waals surface area contributed by atoms with E-state index in [1.807, 2.05) is 20.1 Å². The first-order chi connectivity index (χ1) is 8.50. The minimum absolute atomic E-state index is 0.00428. The molecule has 1 fully saturated rings. The van der Waals surface area contributed by atoms with E-state index in [2.05, 4.69) is 15.5 Å². The summed E-state index contributed by atoms with van der Waals surface area (Å²) in [5, 5.41) is 11.3. The van der Waals surface area contributed by atoms with Gasteiger partial charge in [-0.2, -0.15) is 0 Å². The summed E-state index contributed by atoms with van der Waals surface area (Å²) in [7, 11) is 0. The maximum Gasteiger partial charge on any atom is 0.229 e. The summed E-state index contributed by atoms with van der Waals surface area (Å²) in [5.74, 6) is 0.0190. The van der Waals surface area contributed by atoms with E-state index in [9.17, 15) is 4.79 Å². The largest absolute Gasteiger partial charge is 0.376 e. The summed E-state index contributed by atoms with van der Waals surface area (Å²) >= 11 is 2.93. The van der Waals surface area contributed by atoms with Crippen LogP contribution in [-0.4, -0.2) is 34.6 Å². The number of nitrogens with zero attached hydrogens (tertiary/aromatic N) is 2. The van der Waals surface area contributed by atoms with Crippen LogP contribution in [0.4, 0.5) is 5.13 Å². The Morgan fingerprint density at radius 1 is 1.56 bits per heavy atom. The first-order valence-electron chi connectivity index (χ1n) is 5.82. The Kier molecular flexibility index (Phi) is 4.24. The van der Waals surface area contributed by atoms with Gasteiger partial charge in [0.2, 0.25) is 11.0 Å². The van der Waals surface area contributed by atoms with Crippen molar-refractivity contribution < 1.29 is 9.53 Å². The van der Waals surface area contributed by atoms with Gasteiger partial charge in [-0.3, -0.25) is 4.79 Å². The molecule has 0 radical (unpaired) electrons. The van der Waals surface area contributed by atoms with Crippen molar-refractivity contribution in [1.82, 2.24) is 10.2 Å². The van der Waals surface area contributed by atoms with Crippen molar-refractivity contribution in [3.8, 4) is 0 Å². The fourth-order valence-electron chi connectivity index (χ4n) is 2.01. The van der Waals surface area contributed by atoms with Gasteiger partial charge in [-0.15, -0.1) is 10.2 Å². The van der Waals surface area contributed by atoms with Crippen molar-refractivity contribution in [2.45, 2.75) is 36.6 Å². The Hall–Kier alpha value is -0.660. The highest BCUT2D eigenvalue weighted by molar-refractivity contribution is 8.00. The lowest BCUT2D eigenvalue weighted by Gasteiger charge is -2.34. The molecule has 7 heteroatoms. The molecule has 1 N–H and O–H groups in total. The molecule has 1 aliphatic heterocycles. The molecule has 2 rings (SSSR count). The molecule has 1 aromatic rings. The predicted octanol–water partition coefficient (Wildman–Crippen LogP) is 2.40. The molecule has 0 bridgehead atoms. The zero-order valence-corrected chi connectivity index (χ0v) is 12.4. The molecule has 0 aromatic carbocycles. The molecule has 0 unspecified atom stereocenters. The van der Waals surface area contributed by atoms with Gasteiger partial charge in [0.25, 0.3) is 0 Å². The zero-order valence-electron chi connectivity index (χ0n) is 10.7. The molecule has 1 saturated heterocycles. The Bertz CT molecular complexity index is 434. The molecule has 2 heterocycles. The summed E-state index contributed by atoms with van der Waals surface area (Å²) in [4.78, 5) is 12.1. The molecule has 0 spiro atoms. The Labute approximate surface area is 115 Å². The lowest BCUT2D eigenvalue weighted by Crippen LogP contribution is -2.39. The third-order valence-electron chi connectivity index (χ3n) is 2.88. The van der Waals surface area contributed by atoms with Crippen LogP contribution in [0.15, 0.2) is 4.34 Å². The minimum atomic E-state index is -0.216. The van der Waals surface area contributed by atoms with E-state index in [1.54, 1.807) is 0 Å². The van der Waals surface area contributed by atoms with Crippen molar-refractivity contribution in [3.63, 3.8) is 0 Å². The van der Waals surface area contributed by atoms with Crippen LogP contribution in [0.2, 0.25) is 0 Å². The Balaban J connectivity index is 1.95. The number of hydrogen-bond donors (Lipinski definition) is 1. The molecular weight excluding hydrogens is 270 g/mol. The standard InChI is InChI=1S/C11H17N3O2S2/c1-11(2)6-7(4-5-16-11)8(15)12-9-13-14-10(17-3)18-9/h7H,4-6H2,1-3H3,(H,12,13,15)/t7-/m0/s1. The normalized spacial score (nSPS) is 22.7. The number of carbonyl (C=O) groups excluding carboxylic acids is 1. The molecule has 100 valence electrons. The number of thioether (sulfide) groups is 1. The summed E-state index contributed by atoms with van der Waals surface area (Å²) in [6.07, 6.45) is 3.45. The molecule has 0 aliphatic carbocycles. The molecule has 1 amide bonds. The summed E-state index contributed by atoms with van der Waals surface area (Å²) in [5.41, 5.74) is -0.216. The second-order valence-electron chi connectivity index (χ2n) is 4.86. The van der Waals surface area contributed by atoms with Gasteiger partial charge in [0.1, 0.15) is 0 Å². The molecule has 5 nitrogen and oxygen atoms in total. The van der Waals surface area contributed by atoms with Crippen LogP contribution in [0.25, 0.3) is 0 Å². The van der Waals surface area contributed by atoms with E-state index in [0.717, 1.165) is 17.2 Å². The van der Waals surface area contributed by atoms with Crippen LogP contribution in [0.5, 0.6) is 0 Å². The smallest absolute Gasteiger partial charge is 0.229 e. The van der Waals surface area contributed by atoms with E-state index in [1.165, 1.54) is 23.1 Å². The van der Waals surface area contributed by atoms with Crippen LogP contribution in [0.3, 0.4) is 0 Å². The maximum atomic E-state index is 12.1. The van der Waals surface area contributed by atoms with Crippen LogP contribution in [0.1, 0.15) is 26.7 Å². The average molecular weight is 287 g/mol. The van der Waals surface area contributed by atoms with Crippen LogP contribution in [0, 0.1) is 5.92 Å². The number of amides is 1. The van der Waals surface area contributed by atoms with Gasteiger partial charge in [-0.1, -0.05) is 23.1 Å². The third-order valence-corrected chi connectivity index (χ3v) is 4.69. The molecule has 1 atom stereocenters. The molecule has 18 heavy (non-hydrogen) atoms. The monoisotopic (exact) mass is 287 g/mol. The van der Waals surface area contributed by atoms with E-state index in [-0.39, 0.29) is 17.4 Å². The van der Waals surface area contributed by atoms with E-state index in [4.69, 9.17) is 4.74 Å². The SMILES string of the molecule is CSc1nnc(NC(=O)[C@H]2CCOC(C)(C)C2)s1. The van der Waals surface area contributed by atoms with Crippen LogP contribution in [-0.2, 0) is 9.53 Å². The zero-order chi connectivity index (χ0) is 13.2. The van der Waals surface area contributed by atoms with Gasteiger partial charge in [0, 0.05) is 12.5 Å². The predicted molar refractivity (Wildman–Crippen MR) is 73.1 cm³/mol. The quantitative estimate of drug-likeness (QED) is 0.683. The van der Waals surface area contributed by atoms with Crippen LogP contribution >= 0.6 is 23.1 Å². The second kappa shape index (κ2) is 5.54. The maximum absolute atomic E-state index is 12.1. The average Bonchev–Trinajstić information content (AvgIpc) is 2.75. The van der Waals surface area contributed by atoms with Crippen LogP contribution < -0.4 is 5.32 Å². The number of ether oxygens (including phenoxy) is 1. The highest BCUT2D eigenvalue weighted by atomic mass is 32.2. The fraction of sp³-hybridized carbons (Fsp3) is 0.727. The highest BCUT2D eigenvalue weighted by Crippen LogP contribution is 2.30. The van der Waals surface area contributed by atoms with Crippen molar-refractivity contribution >= 4 is 34.1 Å². The first kappa shape index (κ1) is 13.8. The summed E-state index contributed by atoms with van der Waals surface area (Å²) in [6.45, 7) is 4.67. The third kappa shape index (κ3) is 3.43. The van der Waals surface area contributed by atoms with Gasteiger partial charge in [0.05, 0.1) is 5.60 Å². The lowest BCUT2D eigenvalue weighted by atomic mass is 9.88. The topological polar surface area (TPSA) is 64.1 Å². The minimum Gasteiger partial charge on any atom is -0.376 e. The summed E-state index contributed by atoms with van der Waals surface area (Å²) < 4.78 is 6.47. The first-order valence-corrected chi connectivity index (χ1v) is 7.86. The number of hydrogen-bond acceptors (Lipinski definition) is 6. The van der Waals surface area contributed by atoms with Crippen molar-refractivity contribution in [2.75, 3.05) is 18.2 Å². The number of nitrogens with one attached hydrogen (secondary N) is 1. The molecule has 1 aliphatic rings. The van der Waals surface area contributed by atoms with E-state index in [0.29, 0.717) is 11.7 Å². The fourth-order valence-corrected chi connectivity index (χ4v) is 3.18. The number of rotatable bonds is 3. The van der Waals surface area contributed by atoms with Gasteiger partial charge >= 0.3 is 0 Å². The van der Waals surface area contributed by atoms with E-state index >= 15 is 0 Å². The van der Waals surface area contributed by atoms with Crippen molar-refractivity contribution in [2.24, 2.45) is 5.92 Å². The summed E-state index contributed by atoms with van der Waals surface area (Å²) in [6, 6.07) is 0.